The number of aryl methyl sites for hydroxylation is 1. The predicted molar refractivity (Wildman–Crippen MR) is 79.9 cm³/mol. The molecule has 0 saturated heterocycles. The smallest absolute Gasteiger partial charge is 0.254 e. The minimum absolute atomic E-state index is 0.0450. The third kappa shape index (κ3) is 2.80. The third-order valence-corrected chi connectivity index (χ3v) is 4.66. The molecule has 0 aromatic carbocycles. The maximum absolute atomic E-state index is 12.0. The zero-order valence-corrected chi connectivity index (χ0v) is 13.3. The molecule has 1 aromatic heterocycles. The molecule has 0 aliphatic heterocycles. The molecule has 1 aliphatic carbocycles. The van der Waals surface area contributed by atoms with Crippen LogP contribution in [0.5, 0.6) is 0 Å². The van der Waals surface area contributed by atoms with Gasteiger partial charge in [-0.25, -0.2) is 4.98 Å². The lowest BCUT2D eigenvalue weighted by Crippen LogP contribution is -2.40. The average Bonchev–Trinajstić information content (AvgIpc) is 2.38. The molecular weight excluding hydrogens is 252 g/mol. The summed E-state index contributed by atoms with van der Waals surface area (Å²) in [5, 5.41) is 0. The zero-order chi connectivity index (χ0) is 15.0. The van der Waals surface area contributed by atoms with Crippen molar-refractivity contribution in [3.8, 4) is 0 Å². The van der Waals surface area contributed by atoms with Gasteiger partial charge in [0.1, 0.15) is 11.4 Å². The van der Waals surface area contributed by atoms with Gasteiger partial charge in [-0.3, -0.25) is 4.79 Å². The van der Waals surface area contributed by atoms with Crippen molar-refractivity contribution in [2.45, 2.75) is 65.9 Å². The maximum Gasteiger partial charge on any atom is 0.254 e. The highest BCUT2D eigenvalue weighted by Gasteiger charge is 2.42. The van der Waals surface area contributed by atoms with Gasteiger partial charge in [0.25, 0.3) is 5.56 Å². The summed E-state index contributed by atoms with van der Waals surface area (Å²) in [7, 11) is 0. The van der Waals surface area contributed by atoms with Gasteiger partial charge in [0.2, 0.25) is 0 Å². The monoisotopic (exact) mass is 278 g/mol. The van der Waals surface area contributed by atoms with Crippen molar-refractivity contribution in [1.82, 2.24) is 9.97 Å². The Balaban J connectivity index is 2.42. The molecule has 112 valence electrons. The van der Waals surface area contributed by atoms with Crippen molar-refractivity contribution in [3.05, 3.63) is 27.4 Å². The molecule has 0 radical (unpaired) electrons. The first-order valence-corrected chi connectivity index (χ1v) is 7.52. The Morgan fingerprint density at radius 1 is 1.20 bits per heavy atom. The molecule has 1 heterocycles. The molecular formula is C16H26N2O2. The van der Waals surface area contributed by atoms with Gasteiger partial charge in [-0.05, 0) is 51.9 Å². The molecule has 4 nitrogen and oxygen atoms in total. The van der Waals surface area contributed by atoms with E-state index in [-0.39, 0.29) is 5.56 Å². The van der Waals surface area contributed by atoms with Gasteiger partial charge in [0, 0.05) is 17.9 Å². The van der Waals surface area contributed by atoms with Crippen LogP contribution in [0.4, 0.5) is 0 Å². The number of nitrogens with one attached hydrogen (secondary N) is 1. The van der Waals surface area contributed by atoms with Crippen LogP contribution in [-0.4, -0.2) is 16.6 Å². The number of hydrogen-bond donors (Lipinski definition) is 1. The molecule has 4 heteroatoms. The summed E-state index contributed by atoms with van der Waals surface area (Å²) < 4.78 is 6.07. The van der Waals surface area contributed by atoms with Crippen LogP contribution in [0, 0.1) is 19.3 Å². The van der Waals surface area contributed by atoms with Crippen LogP contribution in [0.2, 0.25) is 0 Å². The average molecular weight is 278 g/mol. The summed E-state index contributed by atoms with van der Waals surface area (Å²) >= 11 is 0. The number of H-pyrrole nitrogens is 1. The van der Waals surface area contributed by atoms with Crippen LogP contribution in [0.25, 0.3) is 0 Å². The number of aromatic amines is 1. The fourth-order valence-corrected chi connectivity index (χ4v) is 2.92. The minimum atomic E-state index is -0.415. The molecule has 1 aromatic rings. The van der Waals surface area contributed by atoms with Crippen molar-refractivity contribution < 1.29 is 4.74 Å². The number of aromatic nitrogens is 2. The lowest BCUT2D eigenvalue weighted by atomic mass is 9.70. The Labute approximate surface area is 121 Å². The normalized spacial score (nSPS) is 20.9. The first kappa shape index (κ1) is 15.2. The first-order valence-electron chi connectivity index (χ1n) is 7.52. The third-order valence-electron chi connectivity index (χ3n) is 4.66. The van der Waals surface area contributed by atoms with Gasteiger partial charge >= 0.3 is 0 Å². The maximum atomic E-state index is 12.0. The number of ether oxygens (including phenoxy) is 1. The van der Waals surface area contributed by atoms with E-state index < -0.39 is 5.60 Å². The molecule has 0 spiro atoms. The molecule has 1 fully saturated rings. The minimum Gasteiger partial charge on any atom is -0.367 e. The van der Waals surface area contributed by atoms with E-state index in [0.29, 0.717) is 23.4 Å². The second-order valence-corrected chi connectivity index (χ2v) is 6.72. The Morgan fingerprint density at radius 2 is 1.80 bits per heavy atom. The van der Waals surface area contributed by atoms with E-state index in [2.05, 4.69) is 23.8 Å². The Hall–Kier alpha value is -1.16. The molecule has 2 rings (SSSR count). The zero-order valence-electron chi connectivity index (χ0n) is 13.3. The van der Waals surface area contributed by atoms with E-state index in [4.69, 9.17) is 4.74 Å². The Bertz CT molecular complexity index is 536. The summed E-state index contributed by atoms with van der Waals surface area (Å²) in [6, 6.07) is 0. The van der Waals surface area contributed by atoms with Gasteiger partial charge in [-0.15, -0.1) is 0 Å². The molecule has 1 saturated carbocycles. The van der Waals surface area contributed by atoms with Crippen molar-refractivity contribution in [2.24, 2.45) is 5.41 Å². The summed E-state index contributed by atoms with van der Waals surface area (Å²) in [6.45, 7) is 10.9. The molecule has 20 heavy (non-hydrogen) atoms. The van der Waals surface area contributed by atoms with E-state index in [0.717, 1.165) is 31.4 Å². The molecule has 0 unspecified atom stereocenters. The van der Waals surface area contributed by atoms with Gasteiger partial charge < -0.3 is 9.72 Å². The van der Waals surface area contributed by atoms with Gasteiger partial charge in [-0.1, -0.05) is 13.8 Å². The Kier molecular flexibility index (Phi) is 4.05. The molecule has 0 amide bonds. The highest BCUT2D eigenvalue weighted by Crippen LogP contribution is 2.46. The van der Waals surface area contributed by atoms with Crippen LogP contribution in [0.15, 0.2) is 4.79 Å². The topological polar surface area (TPSA) is 55.0 Å². The van der Waals surface area contributed by atoms with Gasteiger partial charge in [0.05, 0.1) is 0 Å². The molecule has 1 aliphatic rings. The molecule has 1 N–H and O–H groups in total. The fourth-order valence-electron chi connectivity index (χ4n) is 2.92. The quantitative estimate of drug-likeness (QED) is 0.923. The fraction of sp³-hybridized carbons (Fsp3) is 0.750. The van der Waals surface area contributed by atoms with Crippen LogP contribution in [-0.2, 0) is 10.3 Å². The van der Waals surface area contributed by atoms with Gasteiger partial charge in [0.15, 0.2) is 0 Å². The standard InChI is InChI=1S/C16H26N2O2/c1-6-20-16(9-7-15(4,5)8-10-16)14-17-12(3)11(2)13(19)18-14/h6-10H2,1-5H3,(H,17,18,19). The number of rotatable bonds is 3. The second kappa shape index (κ2) is 5.32. The van der Waals surface area contributed by atoms with E-state index in [1.54, 1.807) is 0 Å². The summed E-state index contributed by atoms with van der Waals surface area (Å²) in [5.74, 6) is 0.711. The van der Waals surface area contributed by atoms with E-state index in [9.17, 15) is 4.79 Å². The van der Waals surface area contributed by atoms with Crippen molar-refractivity contribution in [2.75, 3.05) is 6.61 Å². The Morgan fingerprint density at radius 3 is 2.30 bits per heavy atom. The summed E-state index contributed by atoms with van der Waals surface area (Å²) in [5.41, 5.74) is 1.38. The van der Waals surface area contributed by atoms with Crippen molar-refractivity contribution in [1.29, 1.82) is 0 Å². The lowest BCUT2D eigenvalue weighted by molar-refractivity contribution is -0.0950. The summed E-state index contributed by atoms with van der Waals surface area (Å²) in [6.07, 6.45) is 4.01. The predicted octanol–water partition coefficient (Wildman–Crippen LogP) is 3.22. The number of nitrogens with zero attached hydrogens (tertiary/aromatic N) is 1. The van der Waals surface area contributed by atoms with Crippen LogP contribution in [0.1, 0.15) is 63.5 Å². The van der Waals surface area contributed by atoms with Crippen LogP contribution < -0.4 is 5.56 Å². The molecule has 0 bridgehead atoms. The largest absolute Gasteiger partial charge is 0.367 e. The second-order valence-electron chi connectivity index (χ2n) is 6.72. The van der Waals surface area contributed by atoms with E-state index >= 15 is 0 Å². The molecule has 0 atom stereocenters. The van der Waals surface area contributed by atoms with Crippen molar-refractivity contribution in [3.63, 3.8) is 0 Å². The summed E-state index contributed by atoms with van der Waals surface area (Å²) in [4.78, 5) is 19.6. The first-order chi connectivity index (χ1) is 9.30. The highest BCUT2D eigenvalue weighted by molar-refractivity contribution is 5.17. The van der Waals surface area contributed by atoms with Crippen LogP contribution in [0.3, 0.4) is 0 Å². The lowest BCUT2D eigenvalue weighted by Gasteiger charge is -2.42. The van der Waals surface area contributed by atoms with E-state index in [1.165, 1.54) is 0 Å². The van der Waals surface area contributed by atoms with Gasteiger partial charge in [-0.2, -0.15) is 0 Å². The SMILES string of the molecule is CCOC1(c2nc(C)c(C)c(=O)[nH]2)CCC(C)(C)CC1. The van der Waals surface area contributed by atoms with Crippen LogP contribution >= 0.6 is 0 Å². The van der Waals surface area contributed by atoms with E-state index in [1.807, 2.05) is 20.8 Å². The highest BCUT2D eigenvalue weighted by atomic mass is 16.5. The van der Waals surface area contributed by atoms with Crippen molar-refractivity contribution >= 4 is 0 Å². The number of hydrogen-bond acceptors (Lipinski definition) is 3.